The summed E-state index contributed by atoms with van der Waals surface area (Å²) in [4.78, 5) is 14.7. The Morgan fingerprint density at radius 3 is 2.95 bits per heavy atom. The number of anilines is 1. The summed E-state index contributed by atoms with van der Waals surface area (Å²) in [5.74, 6) is 0.138. The Labute approximate surface area is 123 Å². The fourth-order valence-corrected chi connectivity index (χ4v) is 3.11. The molecule has 0 saturated carbocycles. The summed E-state index contributed by atoms with van der Waals surface area (Å²) in [5, 5.41) is 0. The molecular formula is C15H21BrN2O. The molecule has 1 unspecified atom stereocenters. The molecule has 1 atom stereocenters. The maximum atomic E-state index is 12.6. The van der Waals surface area contributed by atoms with E-state index in [0.29, 0.717) is 11.7 Å². The van der Waals surface area contributed by atoms with Crippen molar-refractivity contribution >= 4 is 27.5 Å². The number of halogens is 1. The van der Waals surface area contributed by atoms with Crippen LogP contribution in [0, 0.1) is 0 Å². The quantitative estimate of drug-likeness (QED) is 0.859. The third-order valence-corrected chi connectivity index (χ3v) is 4.44. The number of likely N-dealkylation sites (tertiary alicyclic amines) is 1. The van der Waals surface area contributed by atoms with Gasteiger partial charge in [-0.05, 0) is 59.8 Å². The standard InChI is InChI=1S/C15H21BrN2O/c1-2-5-12-6-3-4-9-18(12)15(19)11-7-8-14(17)13(16)10-11/h7-8,10,12H,2-6,9,17H2,1H3. The zero-order valence-corrected chi connectivity index (χ0v) is 12.9. The van der Waals surface area contributed by atoms with E-state index in [4.69, 9.17) is 5.73 Å². The first-order valence-electron chi connectivity index (χ1n) is 6.99. The average Bonchev–Trinajstić information content (AvgIpc) is 2.42. The van der Waals surface area contributed by atoms with Gasteiger partial charge in [-0.3, -0.25) is 4.79 Å². The van der Waals surface area contributed by atoms with E-state index in [2.05, 4.69) is 22.9 Å². The highest BCUT2D eigenvalue weighted by atomic mass is 79.9. The van der Waals surface area contributed by atoms with Gasteiger partial charge in [-0.2, -0.15) is 0 Å². The van der Waals surface area contributed by atoms with Crippen LogP contribution in [0.25, 0.3) is 0 Å². The Morgan fingerprint density at radius 2 is 2.26 bits per heavy atom. The van der Waals surface area contributed by atoms with Gasteiger partial charge in [0.15, 0.2) is 0 Å². The zero-order valence-electron chi connectivity index (χ0n) is 11.4. The van der Waals surface area contributed by atoms with Gasteiger partial charge >= 0.3 is 0 Å². The molecule has 0 radical (unpaired) electrons. The van der Waals surface area contributed by atoms with Crippen molar-refractivity contribution < 1.29 is 4.79 Å². The molecule has 4 heteroatoms. The second-order valence-electron chi connectivity index (χ2n) is 5.17. The van der Waals surface area contributed by atoms with Gasteiger partial charge in [0.1, 0.15) is 0 Å². The van der Waals surface area contributed by atoms with Crippen LogP contribution in [0.3, 0.4) is 0 Å². The Balaban J connectivity index is 2.18. The Morgan fingerprint density at radius 1 is 1.47 bits per heavy atom. The normalized spacial score (nSPS) is 19.5. The summed E-state index contributed by atoms with van der Waals surface area (Å²) < 4.78 is 0.794. The molecule has 19 heavy (non-hydrogen) atoms. The molecule has 2 N–H and O–H groups in total. The molecule has 1 fully saturated rings. The number of hydrogen-bond donors (Lipinski definition) is 1. The minimum atomic E-state index is 0.138. The van der Waals surface area contributed by atoms with Gasteiger partial charge in [-0.1, -0.05) is 13.3 Å². The Hall–Kier alpha value is -1.03. The molecule has 1 aliphatic heterocycles. The first-order chi connectivity index (χ1) is 9.13. The van der Waals surface area contributed by atoms with Crippen molar-refractivity contribution in [3.8, 4) is 0 Å². The van der Waals surface area contributed by atoms with E-state index in [-0.39, 0.29) is 5.91 Å². The van der Waals surface area contributed by atoms with Gasteiger partial charge in [0.25, 0.3) is 5.91 Å². The molecule has 1 aromatic carbocycles. The van der Waals surface area contributed by atoms with Gasteiger partial charge in [0, 0.05) is 28.3 Å². The minimum Gasteiger partial charge on any atom is -0.398 e. The molecule has 0 spiro atoms. The number of carbonyl (C=O) groups excluding carboxylic acids is 1. The first-order valence-corrected chi connectivity index (χ1v) is 7.78. The summed E-state index contributed by atoms with van der Waals surface area (Å²) in [6, 6.07) is 5.84. The van der Waals surface area contributed by atoms with Gasteiger partial charge in [-0.25, -0.2) is 0 Å². The van der Waals surface area contributed by atoms with E-state index >= 15 is 0 Å². The van der Waals surface area contributed by atoms with Crippen LogP contribution in [0.2, 0.25) is 0 Å². The van der Waals surface area contributed by atoms with E-state index in [1.807, 2.05) is 17.0 Å². The number of rotatable bonds is 3. The first kappa shape index (κ1) is 14.4. The van der Waals surface area contributed by atoms with E-state index in [9.17, 15) is 4.79 Å². The lowest BCUT2D eigenvalue weighted by Crippen LogP contribution is -2.43. The van der Waals surface area contributed by atoms with Crippen LogP contribution >= 0.6 is 15.9 Å². The van der Waals surface area contributed by atoms with Crippen molar-refractivity contribution in [2.75, 3.05) is 12.3 Å². The molecule has 0 bridgehead atoms. The van der Waals surface area contributed by atoms with Gasteiger partial charge < -0.3 is 10.6 Å². The number of benzene rings is 1. The lowest BCUT2D eigenvalue weighted by Gasteiger charge is -2.36. The summed E-state index contributed by atoms with van der Waals surface area (Å²) in [5.41, 5.74) is 7.16. The molecule has 1 aliphatic rings. The fraction of sp³-hybridized carbons (Fsp3) is 0.533. The van der Waals surface area contributed by atoms with Crippen LogP contribution in [0.5, 0.6) is 0 Å². The second kappa shape index (κ2) is 6.42. The second-order valence-corrected chi connectivity index (χ2v) is 6.03. The highest BCUT2D eigenvalue weighted by molar-refractivity contribution is 9.10. The predicted octanol–water partition coefficient (Wildman–Crippen LogP) is 3.83. The van der Waals surface area contributed by atoms with Gasteiger partial charge in [0.2, 0.25) is 0 Å². The number of hydrogen-bond acceptors (Lipinski definition) is 2. The van der Waals surface area contributed by atoms with Crippen LogP contribution in [-0.2, 0) is 0 Å². The smallest absolute Gasteiger partial charge is 0.254 e. The van der Waals surface area contributed by atoms with Crippen molar-refractivity contribution in [1.82, 2.24) is 4.90 Å². The van der Waals surface area contributed by atoms with Crippen LogP contribution < -0.4 is 5.73 Å². The lowest BCUT2D eigenvalue weighted by molar-refractivity contribution is 0.0600. The van der Waals surface area contributed by atoms with Gasteiger partial charge in [0.05, 0.1) is 0 Å². The molecule has 0 aliphatic carbocycles. The minimum absolute atomic E-state index is 0.138. The molecule has 104 valence electrons. The van der Waals surface area contributed by atoms with E-state index in [0.717, 1.165) is 42.3 Å². The zero-order chi connectivity index (χ0) is 13.8. The van der Waals surface area contributed by atoms with Crippen LogP contribution in [0.15, 0.2) is 22.7 Å². The summed E-state index contributed by atoms with van der Waals surface area (Å²) >= 11 is 3.39. The maximum Gasteiger partial charge on any atom is 0.254 e. The topological polar surface area (TPSA) is 46.3 Å². The largest absolute Gasteiger partial charge is 0.398 e. The number of nitrogen functional groups attached to an aromatic ring is 1. The van der Waals surface area contributed by atoms with E-state index in [1.54, 1.807) is 6.07 Å². The summed E-state index contributed by atoms with van der Waals surface area (Å²) in [6.45, 7) is 3.06. The molecule has 1 aromatic rings. The molecule has 1 saturated heterocycles. The van der Waals surface area contributed by atoms with Crippen molar-refractivity contribution in [2.24, 2.45) is 0 Å². The molecule has 2 rings (SSSR count). The predicted molar refractivity (Wildman–Crippen MR) is 82.1 cm³/mol. The SMILES string of the molecule is CCCC1CCCCN1C(=O)c1ccc(N)c(Br)c1. The average molecular weight is 325 g/mol. The molecule has 0 aromatic heterocycles. The molecular weight excluding hydrogens is 304 g/mol. The van der Waals surface area contributed by atoms with Crippen molar-refractivity contribution in [3.05, 3.63) is 28.2 Å². The Bertz CT molecular complexity index is 459. The number of nitrogens with zero attached hydrogens (tertiary/aromatic N) is 1. The highest BCUT2D eigenvalue weighted by Gasteiger charge is 2.26. The Kier molecular flexibility index (Phi) is 4.86. The van der Waals surface area contributed by atoms with Crippen LogP contribution in [0.4, 0.5) is 5.69 Å². The fourth-order valence-electron chi connectivity index (χ4n) is 2.73. The molecule has 1 amide bonds. The summed E-state index contributed by atoms with van der Waals surface area (Å²) in [7, 11) is 0. The highest BCUT2D eigenvalue weighted by Crippen LogP contribution is 2.25. The molecule has 1 heterocycles. The third-order valence-electron chi connectivity index (χ3n) is 3.76. The monoisotopic (exact) mass is 324 g/mol. The van der Waals surface area contributed by atoms with Crippen LogP contribution in [0.1, 0.15) is 49.4 Å². The molecule has 3 nitrogen and oxygen atoms in total. The summed E-state index contributed by atoms with van der Waals surface area (Å²) in [6.07, 6.45) is 5.71. The third kappa shape index (κ3) is 3.30. The number of amides is 1. The van der Waals surface area contributed by atoms with Crippen molar-refractivity contribution in [2.45, 2.75) is 45.1 Å². The van der Waals surface area contributed by atoms with Crippen molar-refractivity contribution in [3.63, 3.8) is 0 Å². The van der Waals surface area contributed by atoms with Gasteiger partial charge in [-0.15, -0.1) is 0 Å². The number of piperidine rings is 1. The van der Waals surface area contributed by atoms with E-state index in [1.165, 1.54) is 6.42 Å². The lowest BCUT2D eigenvalue weighted by atomic mass is 9.97. The van der Waals surface area contributed by atoms with Crippen molar-refractivity contribution in [1.29, 1.82) is 0 Å². The van der Waals surface area contributed by atoms with E-state index < -0.39 is 0 Å². The maximum absolute atomic E-state index is 12.6. The number of nitrogens with two attached hydrogens (primary N) is 1. The van der Waals surface area contributed by atoms with Crippen LogP contribution in [-0.4, -0.2) is 23.4 Å². The number of carbonyl (C=O) groups is 1.